The molecule has 0 fully saturated rings. The molecule has 3 rings (SSSR count). The first-order chi connectivity index (χ1) is 9.16. The maximum absolute atomic E-state index is 11.4. The largest absolute Gasteiger partial charge is 0.477 e. The van der Waals surface area contributed by atoms with Crippen molar-refractivity contribution < 1.29 is 9.90 Å². The third-order valence-electron chi connectivity index (χ3n) is 3.12. The van der Waals surface area contributed by atoms with E-state index in [1.165, 1.54) is 11.3 Å². The molecule has 0 bridgehead atoms. The number of benzene rings is 1. The number of para-hydroxylation sites is 1. The molecule has 2 aromatic heterocycles. The number of hydrogen-bond acceptors (Lipinski definition) is 3. The molecule has 0 saturated carbocycles. The van der Waals surface area contributed by atoms with E-state index in [4.69, 9.17) is 0 Å². The van der Waals surface area contributed by atoms with Gasteiger partial charge in [0.15, 0.2) is 0 Å². The molecule has 96 valence electrons. The summed E-state index contributed by atoms with van der Waals surface area (Å²) in [6, 6.07) is 7.59. The maximum atomic E-state index is 11.4. The van der Waals surface area contributed by atoms with Crippen molar-refractivity contribution in [2.45, 2.75) is 13.5 Å². The Morgan fingerprint density at radius 1 is 1.47 bits per heavy atom. The number of thiazole rings is 1. The van der Waals surface area contributed by atoms with Crippen molar-refractivity contribution in [2.75, 3.05) is 0 Å². The predicted octanol–water partition coefficient (Wildman–Crippen LogP) is 3.15. The molecule has 0 atom stereocenters. The molecule has 19 heavy (non-hydrogen) atoms. The highest BCUT2D eigenvalue weighted by molar-refractivity contribution is 7.09. The Morgan fingerprint density at radius 2 is 2.32 bits per heavy atom. The molecule has 1 aromatic carbocycles. The molecule has 0 aliphatic heterocycles. The van der Waals surface area contributed by atoms with E-state index in [-0.39, 0.29) is 0 Å². The van der Waals surface area contributed by atoms with E-state index in [2.05, 4.69) is 4.98 Å². The number of rotatable bonds is 3. The number of carbonyl (C=O) groups is 1. The standard InChI is InChI=1S/C14H12N2O2S/c1-9-3-2-4-10-7-11(14(17)18)16(13(9)10)8-12-15-5-6-19-12/h2-7H,8H2,1H3,(H,17,18). The minimum Gasteiger partial charge on any atom is -0.477 e. The van der Waals surface area contributed by atoms with Crippen LogP contribution in [0, 0.1) is 6.92 Å². The minimum absolute atomic E-state index is 0.305. The van der Waals surface area contributed by atoms with Crippen LogP contribution in [0.5, 0.6) is 0 Å². The van der Waals surface area contributed by atoms with Crippen LogP contribution >= 0.6 is 11.3 Å². The summed E-state index contributed by atoms with van der Waals surface area (Å²) in [7, 11) is 0. The first kappa shape index (κ1) is 11.9. The molecule has 5 heteroatoms. The average molecular weight is 272 g/mol. The highest BCUT2D eigenvalue weighted by Crippen LogP contribution is 2.24. The summed E-state index contributed by atoms with van der Waals surface area (Å²) in [6.45, 7) is 2.49. The van der Waals surface area contributed by atoms with Crippen LogP contribution in [0.4, 0.5) is 0 Å². The number of carboxylic acid groups (broad SMARTS) is 1. The van der Waals surface area contributed by atoms with Crippen LogP contribution in [0.3, 0.4) is 0 Å². The Bertz CT molecular complexity index is 744. The van der Waals surface area contributed by atoms with Crippen molar-refractivity contribution in [1.82, 2.24) is 9.55 Å². The lowest BCUT2D eigenvalue weighted by atomic mass is 10.2. The number of aromatic nitrogens is 2. The molecule has 1 N–H and O–H groups in total. The molecule has 3 aromatic rings. The Labute approximate surface area is 113 Å². The van der Waals surface area contributed by atoms with Gasteiger partial charge in [-0.05, 0) is 18.6 Å². The Hall–Kier alpha value is -2.14. The van der Waals surface area contributed by atoms with Crippen LogP contribution in [-0.2, 0) is 6.54 Å². The molecule has 0 aliphatic rings. The fourth-order valence-electron chi connectivity index (χ4n) is 2.32. The maximum Gasteiger partial charge on any atom is 0.352 e. The predicted molar refractivity (Wildman–Crippen MR) is 74.9 cm³/mol. The second-order valence-corrected chi connectivity index (χ2v) is 5.34. The molecular formula is C14H12N2O2S. The quantitative estimate of drug-likeness (QED) is 0.796. The Kier molecular flexibility index (Phi) is 2.83. The summed E-state index contributed by atoms with van der Waals surface area (Å²) in [4.78, 5) is 15.6. The number of carboxylic acids is 1. The van der Waals surface area contributed by atoms with Crippen LogP contribution in [0.15, 0.2) is 35.8 Å². The first-order valence-corrected chi connectivity index (χ1v) is 6.75. The van der Waals surface area contributed by atoms with E-state index < -0.39 is 5.97 Å². The van der Waals surface area contributed by atoms with Crippen molar-refractivity contribution in [3.63, 3.8) is 0 Å². The SMILES string of the molecule is Cc1cccc2cc(C(=O)O)n(Cc3nccs3)c12. The van der Waals surface area contributed by atoms with E-state index in [1.54, 1.807) is 12.3 Å². The number of aryl methyl sites for hydroxylation is 1. The molecule has 4 nitrogen and oxygen atoms in total. The van der Waals surface area contributed by atoms with Gasteiger partial charge in [0.25, 0.3) is 0 Å². The van der Waals surface area contributed by atoms with Crippen LogP contribution < -0.4 is 0 Å². The second kappa shape index (κ2) is 4.51. The fourth-order valence-corrected chi connectivity index (χ4v) is 2.92. The lowest BCUT2D eigenvalue weighted by Crippen LogP contribution is -2.09. The summed E-state index contributed by atoms with van der Waals surface area (Å²) in [5.41, 5.74) is 2.34. The fraction of sp³-hybridized carbons (Fsp3) is 0.143. The number of fused-ring (bicyclic) bond motifs is 1. The summed E-state index contributed by atoms with van der Waals surface area (Å²) >= 11 is 1.53. The number of nitrogens with zero attached hydrogens (tertiary/aromatic N) is 2. The molecule has 0 radical (unpaired) electrons. The van der Waals surface area contributed by atoms with Gasteiger partial charge in [-0.3, -0.25) is 0 Å². The van der Waals surface area contributed by atoms with E-state index in [0.717, 1.165) is 21.5 Å². The van der Waals surface area contributed by atoms with Gasteiger partial charge >= 0.3 is 5.97 Å². The van der Waals surface area contributed by atoms with Crippen molar-refractivity contribution >= 4 is 28.2 Å². The topological polar surface area (TPSA) is 55.1 Å². The lowest BCUT2D eigenvalue weighted by Gasteiger charge is -2.08. The third-order valence-corrected chi connectivity index (χ3v) is 3.88. The van der Waals surface area contributed by atoms with Crippen LogP contribution in [0.25, 0.3) is 10.9 Å². The number of aromatic carboxylic acids is 1. The Balaban J connectivity index is 2.24. The summed E-state index contributed by atoms with van der Waals surface area (Å²) in [6.07, 6.45) is 1.74. The highest BCUT2D eigenvalue weighted by Gasteiger charge is 2.16. The van der Waals surface area contributed by atoms with Gasteiger partial charge in [0.1, 0.15) is 10.7 Å². The van der Waals surface area contributed by atoms with Crippen LogP contribution in [0.2, 0.25) is 0 Å². The Morgan fingerprint density at radius 3 is 3.00 bits per heavy atom. The first-order valence-electron chi connectivity index (χ1n) is 5.87. The second-order valence-electron chi connectivity index (χ2n) is 4.36. The molecule has 0 amide bonds. The lowest BCUT2D eigenvalue weighted by molar-refractivity contribution is 0.0686. The van der Waals surface area contributed by atoms with E-state index in [0.29, 0.717) is 12.2 Å². The van der Waals surface area contributed by atoms with Crippen molar-refractivity contribution in [1.29, 1.82) is 0 Å². The third kappa shape index (κ3) is 2.02. The van der Waals surface area contributed by atoms with Gasteiger partial charge < -0.3 is 9.67 Å². The summed E-state index contributed by atoms with van der Waals surface area (Å²) < 4.78 is 1.83. The van der Waals surface area contributed by atoms with Crippen LogP contribution in [-0.4, -0.2) is 20.6 Å². The highest BCUT2D eigenvalue weighted by atomic mass is 32.1. The number of hydrogen-bond donors (Lipinski definition) is 1. The van der Waals surface area contributed by atoms with Gasteiger partial charge in [-0.15, -0.1) is 11.3 Å². The zero-order chi connectivity index (χ0) is 13.4. The molecule has 0 spiro atoms. The van der Waals surface area contributed by atoms with E-state index in [1.807, 2.05) is 35.1 Å². The van der Waals surface area contributed by atoms with Crippen molar-refractivity contribution in [3.8, 4) is 0 Å². The van der Waals surface area contributed by atoms with Gasteiger partial charge in [0.2, 0.25) is 0 Å². The normalized spacial score (nSPS) is 11.0. The van der Waals surface area contributed by atoms with Gasteiger partial charge in [-0.2, -0.15) is 0 Å². The van der Waals surface area contributed by atoms with Crippen LogP contribution in [0.1, 0.15) is 21.1 Å². The molecule has 2 heterocycles. The van der Waals surface area contributed by atoms with E-state index in [9.17, 15) is 9.90 Å². The summed E-state index contributed by atoms with van der Waals surface area (Å²) in [5, 5.41) is 13.1. The van der Waals surface area contributed by atoms with Crippen molar-refractivity contribution in [2.24, 2.45) is 0 Å². The smallest absolute Gasteiger partial charge is 0.352 e. The molecule has 0 aliphatic carbocycles. The molecular weight excluding hydrogens is 260 g/mol. The minimum atomic E-state index is -0.910. The van der Waals surface area contributed by atoms with Crippen molar-refractivity contribution in [3.05, 3.63) is 52.1 Å². The zero-order valence-corrected chi connectivity index (χ0v) is 11.1. The average Bonchev–Trinajstić information content (AvgIpc) is 2.98. The van der Waals surface area contributed by atoms with Gasteiger partial charge in [-0.1, -0.05) is 18.2 Å². The van der Waals surface area contributed by atoms with E-state index >= 15 is 0 Å². The molecule has 0 unspecified atom stereocenters. The summed E-state index contributed by atoms with van der Waals surface area (Å²) in [5.74, 6) is -0.910. The van der Waals surface area contributed by atoms with Gasteiger partial charge in [-0.25, -0.2) is 9.78 Å². The van der Waals surface area contributed by atoms with Gasteiger partial charge in [0.05, 0.1) is 12.1 Å². The molecule has 0 saturated heterocycles. The zero-order valence-electron chi connectivity index (χ0n) is 10.3. The van der Waals surface area contributed by atoms with Gasteiger partial charge in [0, 0.05) is 17.0 Å². The monoisotopic (exact) mass is 272 g/mol.